The molecule has 1 fully saturated rings. The molecule has 118 valence electrons. The van der Waals surface area contributed by atoms with E-state index in [1.807, 2.05) is 26.2 Å². The number of carbonyl (C=O) groups is 1. The number of hydrogen-bond acceptors (Lipinski definition) is 5. The molecule has 0 aliphatic carbocycles. The zero-order valence-corrected chi connectivity index (χ0v) is 14.0. The van der Waals surface area contributed by atoms with Crippen molar-refractivity contribution in [1.82, 2.24) is 20.1 Å². The van der Waals surface area contributed by atoms with Gasteiger partial charge in [-0.15, -0.1) is 11.3 Å². The first-order valence-electron chi connectivity index (χ1n) is 7.52. The molecule has 6 nitrogen and oxygen atoms in total. The fourth-order valence-electron chi connectivity index (χ4n) is 2.64. The molecule has 22 heavy (non-hydrogen) atoms. The van der Waals surface area contributed by atoms with Crippen molar-refractivity contribution in [3.63, 3.8) is 0 Å². The summed E-state index contributed by atoms with van der Waals surface area (Å²) in [5.74, 6) is -0.0766. The predicted molar refractivity (Wildman–Crippen MR) is 87.5 cm³/mol. The number of thiazole rings is 1. The van der Waals surface area contributed by atoms with Crippen LogP contribution >= 0.6 is 11.3 Å². The van der Waals surface area contributed by atoms with Gasteiger partial charge in [0.25, 0.3) is 5.91 Å². The molecule has 1 saturated heterocycles. The second-order valence-corrected chi connectivity index (χ2v) is 7.00. The number of nitrogens with one attached hydrogen (secondary N) is 1. The van der Waals surface area contributed by atoms with E-state index in [-0.39, 0.29) is 11.9 Å². The first kappa shape index (κ1) is 15.0. The monoisotopic (exact) mass is 319 g/mol. The highest BCUT2D eigenvalue weighted by atomic mass is 32.1. The Balaban J connectivity index is 1.54. The minimum atomic E-state index is -0.0766. The summed E-state index contributed by atoms with van der Waals surface area (Å²) in [4.78, 5) is 20.2. The van der Waals surface area contributed by atoms with Gasteiger partial charge in [0.1, 0.15) is 5.69 Å². The molecule has 2 aromatic heterocycles. The van der Waals surface area contributed by atoms with Gasteiger partial charge in [-0.2, -0.15) is 5.10 Å². The van der Waals surface area contributed by atoms with Crippen LogP contribution in [0.4, 0.5) is 5.13 Å². The fraction of sp³-hybridized carbons (Fsp3) is 0.533. The molecule has 1 N–H and O–H groups in total. The second-order valence-electron chi connectivity index (χ2n) is 5.78. The Bertz CT molecular complexity index is 650. The normalized spacial score (nSPS) is 16.0. The molecule has 0 unspecified atom stereocenters. The van der Waals surface area contributed by atoms with E-state index in [0.29, 0.717) is 5.69 Å². The van der Waals surface area contributed by atoms with Crippen LogP contribution in [0.3, 0.4) is 0 Å². The standard InChI is InChI=1S/C15H21N5OS/c1-10-8-13(18-19(10)3)14(21)17-12-4-6-20(7-5-12)15-16-9-11(2)22-15/h8-9,12H,4-7H2,1-3H3,(H,17,21). The van der Waals surface area contributed by atoms with Gasteiger partial charge in [-0.3, -0.25) is 9.48 Å². The van der Waals surface area contributed by atoms with Gasteiger partial charge < -0.3 is 10.2 Å². The topological polar surface area (TPSA) is 63.1 Å². The van der Waals surface area contributed by atoms with Crippen LogP contribution in [-0.4, -0.2) is 39.8 Å². The third-order valence-electron chi connectivity index (χ3n) is 4.06. The lowest BCUT2D eigenvalue weighted by Gasteiger charge is -2.32. The van der Waals surface area contributed by atoms with Gasteiger partial charge in [-0.25, -0.2) is 4.98 Å². The van der Waals surface area contributed by atoms with Crippen molar-refractivity contribution in [2.24, 2.45) is 7.05 Å². The van der Waals surface area contributed by atoms with E-state index in [0.717, 1.165) is 36.8 Å². The largest absolute Gasteiger partial charge is 0.348 e. The summed E-state index contributed by atoms with van der Waals surface area (Å²) >= 11 is 1.73. The van der Waals surface area contributed by atoms with Gasteiger partial charge in [0, 0.05) is 42.9 Å². The van der Waals surface area contributed by atoms with E-state index >= 15 is 0 Å². The van der Waals surface area contributed by atoms with Gasteiger partial charge in [-0.05, 0) is 32.8 Å². The van der Waals surface area contributed by atoms with E-state index in [1.54, 1.807) is 16.0 Å². The molecule has 0 aromatic carbocycles. The number of aromatic nitrogens is 3. The van der Waals surface area contributed by atoms with Crippen molar-refractivity contribution in [2.45, 2.75) is 32.7 Å². The lowest BCUT2D eigenvalue weighted by Crippen LogP contribution is -2.44. The van der Waals surface area contributed by atoms with Gasteiger partial charge in [0.15, 0.2) is 5.13 Å². The molecule has 0 saturated carbocycles. The van der Waals surface area contributed by atoms with Crippen molar-refractivity contribution in [2.75, 3.05) is 18.0 Å². The zero-order chi connectivity index (χ0) is 15.7. The van der Waals surface area contributed by atoms with Crippen LogP contribution in [-0.2, 0) is 7.05 Å². The van der Waals surface area contributed by atoms with Crippen molar-refractivity contribution in [3.05, 3.63) is 28.5 Å². The molecule has 1 aliphatic heterocycles. The number of anilines is 1. The number of hydrogen-bond donors (Lipinski definition) is 1. The number of nitrogens with zero attached hydrogens (tertiary/aromatic N) is 4. The highest BCUT2D eigenvalue weighted by Gasteiger charge is 2.23. The van der Waals surface area contributed by atoms with Gasteiger partial charge in [-0.1, -0.05) is 0 Å². The summed E-state index contributed by atoms with van der Waals surface area (Å²) in [5, 5.41) is 8.41. The minimum absolute atomic E-state index is 0.0766. The van der Waals surface area contributed by atoms with Crippen LogP contribution in [0.5, 0.6) is 0 Å². The highest BCUT2D eigenvalue weighted by molar-refractivity contribution is 7.15. The Kier molecular flexibility index (Phi) is 4.15. The Morgan fingerprint density at radius 1 is 1.36 bits per heavy atom. The van der Waals surface area contributed by atoms with Crippen LogP contribution < -0.4 is 10.2 Å². The molecule has 0 spiro atoms. The Morgan fingerprint density at radius 2 is 2.09 bits per heavy atom. The van der Waals surface area contributed by atoms with Crippen LogP contribution in [0, 0.1) is 13.8 Å². The molecular formula is C15H21N5OS. The summed E-state index contributed by atoms with van der Waals surface area (Å²) in [5.41, 5.74) is 1.48. The SMILES string of the molecule is Cc1cnc(N2CCC(NC(=O)c3cc(C)n(C)n3)CC2)s1. The maximum Gasteiger partial charge on any atom is 0.272 e. The molecule has 2 aromatic rings. The third kappa shape index (κ3) is 3.14. The lowest BCUT2D eigenvalue weighted by molar-refractivity contribution is 0.0925. The van der Waals surface area contributed by atoms with E-state index in [4.69, 9.17) is 0 Å². The molecule has 7 heteroatoms. The summed E-state index contributed by atoms with van der Waals surface area (Å²) in [6, 6.07) is 2.04. The first-order chi connectivity index (χ1) is 10.5. The second kappa shape index (κ2) is 6.08. The predicted octanol–water partition coefficient (Wildman–Crippen LogP) is 1.89. The Hall–Kier alpha value is -1.89. The van der Waals surface area contributed by atoms with Crippen molar-refractivity contribution in [3.8, 4) is 0 Å². The average Bonchev–Trinajstić information content (AvgIpc) is 3.07. The first-order valence-corrected chi connectivity index (χ1v) is 8.33. The van der Waals surface area contributed by atoms with Crippen molar-refractivity contribution >= 4 is 22.4 Å². The Labute approximate surface area is 134 Å². The van der Waals surface area contributed by atoms with Crippen LogP contribution in [0.2, 0.25) is 0 Å². The molecule has 3 heterocycles. The van der Waals surface area contributed by atoms with Gasteiger partial charge >= 0.3 is 0 Å². The Morgan fingerprint density at radius 3 is 2.64 bits per heavy atom. The van der Waals surface area contributed by atoms with E-state index in [1.165, 1.54) is 4.88 Å². The summed E-state index contributed by atoms with van der Waals surface area (Å²) in [6.07, 6.45) is 3.80. The molecule has 0 radical (unpaired) electrons. The minimum Gasteiger partial charge on any atom is -0.348 e. The molecular weight excluding hydrogens is 298 g/mol. The van der Waals surface area contributed by atoms with E-state index < -0.39 is 0 Å². The van der Waals surface area contributed by atoms with Crippen molar-refractivity contribution in [1.29, 1.82) is 0 Å². The maximum atomic E-state index is 12.2. The summed E-state index contributed by atoms with van der Waals surface area (Å²) in [7, 11) is 1.85. The number of carbonyl (C=O) groups excluding carboxylic acids is 1. The molecule has 1 aliphatic rings. The maximum absolute atomic E-state index is 12.2. The molecule has 0 atom stereocenters. The quantitative estimate of drug-likeness (QED) is 0.938. The number of rotatable bonds is 3. The third-order valence-corrected chi connectivity index (χ3v) is 5.03. The van der Waals surface area contributed by atoms with E-state index in [2.05, 4.69) is 27.2 Å². The smallest absolute Gasteiger partial charge is 0.272 e. The summed E-state index contributed by atoms with van der Waals surface area (Å²) < 4.78 is 1.72. The molecule has 1 amide bonds. The zero-order valence-electron chi connectivity index (χ0n) is 13.2. The number of amides is 1. The van der Waals surface area contributed by atoms with Crippen LogP contribution in [0.15, 0.2) is 12.3 Å². The number of aryl methyl sites for hydroxylation is 3. The van der Waals surface area contributed by atoms with Gasteiger partial charge in [0.2, 0.25) is 0 Å². The fourth-order valence-corrected chi connectivity index (χ4v) is 3.45. The van der Waals surface area contributed by atoms with Crippen LogP contribution in [0.25, 0.3) is 0 Å². The lowest BCUT2D eigenvalue weighted by atomic mass is 10.1. The summed E-state index contributed by atoms with van der Waals surface area (Å²) in [6.45, 7) is 5.87. The van der Waals surface area contributed by atoms with Crippen molar-refractivity contribution < 1.29 is 4.79 Å². The highest BCUT2D eigenvalue weighted by Crippen LogP contribution is 2.24. The van der Waals surface area contributed by atoms with Crippen LogP contribution in [0.1, 0.15) is 33.9 Å². The number of piperidine rings is 1. The van der Waals surface area contributed by atoms with Gasteiger partial charge in [0.05, 0.1) is 0 Å². The molecule has 3 rings (SSSR count). The van der Waals surface area contributed by atoms with E-state index in [9.17, 15) is 4.79 Å². The average molecular weight is 319 g/mol. The molecule has 0 bridgehead atoms.